The van der Waals surface area contributed by atoms with E-state index in [0.717, 1.165) is 16.9 Å². The number of nitrogens with zero attached hydrogens (tertiary/aromatic N) is 3. The number of benzene rings is 2. The van der Waals surface area contributed by atoms with Gasteiger partial charge in [0.05, 0.1) is 5.25 Å². The van der Waals surface area contributed by atoms with Crippen LogP contribution in [0.4, 0.5) is 5.69 Å². The van der Waals surface area contributed by atoms with Crippen LogP contribution < -0.4 is 5.32 Å². The van der Waals surface area contributed by atoms with Crippen molar-refractivity contribution >= 4 is 23.4 Å². The van der Waals surface area contributed by atoms with E-state index in [9.17, 15) is 4.79 Å². The van der Waals surface area contributed by atoms with Crippen molar-refractivity contribution in [3.05, 3.63) is 66.5 Å². The normalized spacial score (nSPS) is 11.9. The Hall–Kier alpha value is -2.60. The molecule has 0 spiro atoms. The monoisotopic (exact) mass is 338 g/mol. The molecule has 1 aromatic heterocycles. The quantitative estimate of drug-likeness (QED) is 0.721. The molecule has 5 nitrogen and oxygen atoms in total. The van der Waals surface area contributed by atoms with E-state index in [4.69, 9.17) is 0 Å². The Morgan fingerprint density at radius 2 is 1.83 bits per heavy atom. The molecule has 122 valence electrons. The molecular weight excluding hydrogens is 320 g/mol. The molecular formula is C18H18N4OS. The lowest BCUT2D eigenvalue weighted by Gasteiger charge is -2.12. The third-order valence-electron chi connectivity index (χ3n) is 3.52. The van der Waals surface area contributed by atoms with Crippen LogP contribution in [0.2, 0.25) is 0 Å². The minimum Gasteiger partial charge on any atom is -0.325 e. The summed E-state index contributed by atoms with van der Waals surface area (Å²) in [6, 6.07) is 17.6. The molecule has 24 heavy (non-hydrogen) atoms. The first-order chi connectivity index (χ1) is 11.6. The Labute approximate surface area is 145 Å². The van der Waals surface area contributed by atoms with Crippen molar-refractivity contribution in [2.24, 2.45) is 0 Å². The number of aryl methyl sites for hydroxylation is 1. The number of thioether (sulfide) groups is 1. The average Bonchev–Trinajstić information content (AvgIpc) is 3.05. The van der Waals surface area contributed by atoms with Gasteiger partial charge in [0.25, 0.3) is 0 Å². The summed E-state index contributed by atoms with van der Waals surface area (Å²) < 4.78 is 1.88. The summed E-state index contributed by atoms with van der Waals surface area (Å²) in [4.78, 5) is 12.4. The first-order valence-electron chi connectivity index (χ1n) is 7.63. The fourth-order valence-electron chi connectivity index (χ4n) is 2.16. The summed E-state index contributed by atoms with van der Waals surface area (Å²) in [7, 11) is 0. The molecule has 0 aliphatic rings. The lowest BCUT2D eigenvalue weighted by Crippen LogP contribution is -2.22. The van der Waals surface area contributed by atoms with E-state index in [1.807, 2.05) is 73.0 Å². The Kier molecular flexibility index (Phi) is 4.96. The minimum atomic E-state index is -0.294. The SMILES string of the molecule is Cc1ccc(NC(=O)C(C)Sc2nncn2-c2ccccc2)cc1. The summed E-state index contributed by atoms with van der Waals surface area (Å²) in [6.45, 7) is 3.87. The van der Waals surface area contributed by atoms with Gasteiger partial charge < -0.3 is 5.32 Å². The van der Waals surface area contributed by atoms with Gasteiger partial charge in [-0.05, 0) is 38.1 Å². The van der Waals surface area contributed by atoms with Gasteiger partial charge in [-0.2, -0.15) is 0 Å². The van der Waals surface area contributed by atoms with E-state index in [2.05, 4.69) is 15.5 Å². The van der Waals surface area contributed by atoms with Crippen LogP contribution in [0.3, 0.4) is 0 Å². The van der Waals surface area contributed by atoms with Crippen LogP contribution in [-0.2, 0) is 4.79 Å². The molecule has 1 N–H and O–H groups in total. The molecule has 0 radical (unpaired) electrons. The predicted octanol–water partition coefficient (Wildman–Crippen LogP) is 3.70. The van der Waals surface area contributed by atoms with Crippen molar-refractivity contribution in [1.82, 2.24) is 14.8 Å². The highest BCUT2D eigenvalue weighted by atomic mass is 32.2. The van der Waals surface area contributed by atoms with Crippen LogP contribution in [0.25, 0.3) is 5.69 Å². The van der Waals surface area contributed by atoms with Crippen LogP contribution in [-0.4, -0.2) is 25.9 Å². The maximum atomic E-state index is 12.4. The number of hydrogen-bond acceptors (Lipinski definition) is 4. The number of amides is 1. The van der Waals surface area contributed by atoms with Crippen molar-refractivity contribution in [3.63, 3.8) is 0 Å². The Morgan fingerprint density at radius 3 is 2.54 bits per heavy atom. The first kappa shape index (κ1) is 16.3. The van der Waals surface area contributed by atoms with E-state index in [1.165, 1.54) is 11.8 Å². The maximum Gasteiger partial charge on any atom is 0.237 e. The topological polar surface area (TPSA) is 59.8 Å². The lowest BCUT2D eigenvalue weighted by molar-refractivity contribution is -0.115. The molecule has 1 amide bonds. The highest BCUT2D eigenvalue weighted by molar-refractivity contribution is 8.00. The summed E-state index contributed by atoms with van der Waals surface area (Å²) in [5.74, 6) is -0.0635. The van der Waals surface area contributed by atoms with Gasteiger partial charge in [-0.15, -0.1) is 10.2 Å². The van der Waals surface area contributed by atoms with Crippen molar-refractivity contribution < 1.29 is 4.79 Å². The number of carbonyl (C=O) groups is 1. The zero-order valence-corrected chi connectivity index (χ0v) is 14.3. The number of para-hydroxylation sites is 1. The molecule has 0 fully saturated rings. The number of anilines is 1. The molecule has 1 atom stereocenters. The van der Waals surface area contributed by atoms with Crippen molar-refractivity contribution in [3.8, 4) is 5.69 Å². The third kappa shape index (κ3) is 3.83. The zero-order chi connectivity index (χ0) is 16.9. The van der Waals surface area contributed by atoms with Crippen LogP contribution in [0.5, 0.6) is 0 Å². The van der Waals surface area contributed by atoms with Crippen LogP contribution >= 0.6 is 11.8 Å². The molecule has 3 aromatic rings. The number of carbonyl (C=O) groups excluding carboxylic acids is 1. The number of aromatic nitrogens is 3. The molecule has 0 saturated carbocycles. The fourth-order valence-corrected chi connectivity index (χ4v) is 3.01. The third-order valence-corrected chi connectivity index (χ3v) is 4.58. The van der Waals surface area contributed by atoms with Gasteiger partial charge in [0, 0.05) is 11.4 Å². The van der Waals surface area contributed by atoms with Gasteiger partial charge in [0.15, 0.2) is 5.16 Å². The van der Waals surface area contributed by atoms with Gasteiger partial charge in [0.1, 0.15) is 6.33 Å². The van der Waals surface area contributed by atoms with E-state index in [1.54, 1.807) is 6.33 Å². The molecule has 0 aliphatic carbocycles. The first-order valence-corrected chi connectivity index (χ1v) is 8.51. The summed E-state index contributed by atoms with van der Waals surface area (Å²) in [6.07, 6.45) is 1.66. The molecule has 2 aromatic carbocycles. The minimum absolute atomic E-state index is 0.0635. The highest BCUT2D eigenvalue weighted by Gasteiger charge is 2.18. The van der Waals surface area contributed by atoms with Crippen molar-refractivity contribution in [1.29, 1.82) is 0 Å². The molecule has 1 unspecified atom stereocenters. The maximum absolute atomic E-state index is 12.4. The van der Waals surface area contributed by atoms with E-state index < -0.39 is 0 Å². The smallest absolute Gasteiger partial charge is 0.237 e. The standard InChI is InChI=1S/C18H18N4OS/c1-13-8-10-15(11-9-13)20-17(23)14(2)24-18-21-19-12-22(18)16-6-4-3-5-7-16/h3-12,14H,1-2H3,(H,20,23). The molecule has 0 bridgehead atoms. The summed E-state index contributed by atoms with van der Waals surface area (Å²) >= 11 is 1.38. The second-order valence-electron chi connectivity index (χ2n) is 5.43. The Balaban J connectivity index is 1.69. The Bertz CT molecular complexity index is 815. The van der Waals surface area contributed by atoms with Crippen molar-refractivity contribution in [2.45, 2.75) is 24.3 Å². The summed E-state index contributed by atoms with van der Waals surface area (Å²) in [5.41, 5.74) is 2.92. The second kappa shape index (κ2) is 7.31. The molecule has 0 saturated heterocycles. The molecule has 1 heterocycles. The average molecular weight is 338 g/mol. The van der Waals surface area contributed by atoms with Crippen LogP contribution in [0, 0.1) is 6.92 Å². The van der Waals surface area contributed by atoms with Gasteiger partial charge in [-0.1, -0.05) is 47.7 Å². The van der Waals surface area contributed by atoms with Gasteiger partial charge in [-0.3, -0.25) is 9.36 Å². The zero-order valence-electron chi connectivity index (χ0n) is 13.5. The second-order valence-corrected chi connectivity index (χ2v) is 6.74. The number of hydrogen-bond donors (Lipinski definition) is 1. The van der Waals surface area contributed by atoms with E-state index in [-0.39, 0.29) is 11.2 Å². The van der Waals surface area contributed by atoms with Gasteiger partial charge >= 0.3 is 0 Å². The largest absolute Gasteiger partial charge is 0.325 e. The number of nitrogens with one attached hydrogen (secondary N) is 1. The Morgan fingerprint density at radius 1 is 1.12 bits per heavy atom. The molecule has 0 aliphatic heterocycles. The molecule has 6 heteroatoms. The van der Waals surface area contributed by atoms with Gasteiger partial charge in [-0.25, -0.2) is 0 Å². The summed E-state index contributed by atoms with van der Waals surface area (Å²) in [5, 5.41) is 11.4. The van der Waals surface area contributed by atoms with Gasteiger partial charge in [0.2, 0.25) is 5.91 Å². The van der Waals surface area contributed by atoms with Crippen LogP contribution in [0.15, 0.2) is 66.1 Å². The lowest BCUT2D eigenvalue weighted by atomic mass is 10.2. The fraction of sp³-hybridized carbons (Fsp3) is 0.167. The highest BCUT2D eigenvalue weighted by Crippen LogP contribution is 2.24. The van der Waals surface area contributed by atoms with Crippen molar-refractivity contribution in [2.75, 3.05) is 5.32 Å². The predicted molar refractivity (Wildman–Crippen MR) is 96.5 cm³/mol. The van der Waals surface area contributed by atoms with Crippen LogP contribution in [0.1, 0.15) is 12.5 Å². The number of rotatable bonds is 5. The molecule has 3 rings (SSSR count). The van der Waals surface area contributed by atoms with E-state index in [0.29, 0.717) is 5.16 Å². The van der Waals surface area contributed by atoms with E-state index >= 15 is 0 Å².